The first kappa shape index (κ1) is 16.3. The van der Waals surface area contributed by atoms with E-state index in [0.717, 1.165) is 37.1 Å². The molecule has 1 saturated heterocycles. The molecule has 2 atom stereocenters. The molecule has 1 aromatic rings. The van der Waals surface area contributed by atoms with Gasteiger partial charge < -0.3 is 4.74 Å². The Kier molecular flexibility index (Phi) is 5.27. The van der Waals surface area contributed by atoms with Crippen LogP contribution in [0.5, 0.6) is 0 Å². The van der Waals surface area contributed by atoms with Crippen LogP contribution in [-0.2, 0) is 10.9 Å². The lowest BCUT2D eigenvalue weighted by molar-refractivity contribution is -0.137. The van der Waals surface area contributed by atoms with Crippen molar-refractivity contribution in [1.82, 2.24) is 4.90 Å². The molecular formula is C16H22F3NO. The summed E-state index contributed by atoms with van der Waals surface area (Å²) in [6, 6.07) is 5.93. The largest absolute Gasteiger partial charge is 0.416 e. The molecule has 0 amide bonds. The smallest absolute Gasteiger partial charge is 0.383 e. The maximum absolute atomic E-state index is 12.7. The van der Waals surface area contributed by atoms with Gasteiger partial charge in [0.15, 0.2) is 0 Å². The topological polar surface area (TPSA) is 12.5 Å². The van der Waals surface area contributed by atoms with Gasteiger partial charge in [-0.1, -0.05) is 18.6 Å². The van der Waals surface area contributed by atoms with E-state index in [1.807, 2.05) is 0 Å². The summed E-state index contributed by atoms with van der Waals surface area (Å²) < 4.78 is 43.2. The number of nitrogens with zero attached hydrogens (tertiary/aromatic N) is 1. The van der Waals surface area contributed by atoms with E-state index >= 15 is 0 Å². The molecule has 0 aromatic heterocycles. The summed E-state index contributed by atoms with van der Waals surface area (Å²) >= 11 is 0. The normalized spacial score (nSPS) is 22.2. The van der Waals surface area contributed by atoms with Crippen molar-refractivity contribution in [1.29, 1.82) is 0 Å². The number of rotatable bonds is 4. The third-order valence-electron chi connectivity index (χ3n) is 4.20. The summed E-state index contributed by atoms with van der Waals surface area (Å²) in [6.07, 6.45) is -0.815. The highest BCUT2D eigenvalue weighted by Crippen LogP contribution is 2.32. The van der Waals surface area contributed by atoms with Gasteiger partial charge in [0.1, 0.15) is 0 Å². The Bertz CT molecular complexity index is 444. The Balaban J connectivity index is 2.21. The average Bonchev–Trinajstić information content (AvgIpc) is 2.45. The summed E-state index contributed by atoms with van der Waals surface area (Å²) in [7, 11) is 1.63. The number of piperidine rings is 1. The summed E-state index contributed by atoms with van der Waals surface area (Å²) in [5, 5.41) is 0. The van der Waals surface area contributed by atoms with Gasteiger partial charge in [-0.15, -0.1) is 0 Å². The molecule has 21 heavy (non-hydrogen) atoms. The molecule has 2 rings (SSSR count). The van der Waals surface area contributed by atoms with Crippen molar-refractivity contribution in [3.8, 4) is 0 Å². The lowest BCUT2D eigenvalue weighted by Gasteiger charge is -2.39. The summed E-state index contributed by atoms with van der Waals surface area (Å²) in [4.78, 5) is 2.34. The maximum atomic E-state index is 12.7. The van der Waals surface area contributed by atoms with Gasteiger partial charge in [-0.05, 0) is 44.0 Å². The molecule has 0 saturated carbocycles. The zero-order valence-corrected chi connectivity index (χ0v) is 12.5. The monoisotopic (exact) mass is 301 g/mol. The minimum absolute atomic E-state index is 0.0209. The molecular weight excluding hydrogens is 279 g/mol. The van der Waals surface area contributed by atoms with Gasteiger partial charge >= 0.3 is 6.18 Å². The first-order chi connectivity index (χ1) is 9.93. The minimum atomic E-state index is -4.28. The minimum Gasteiger partial charge on any atom is -0.383 e. The second-order valence-electron chi connectivity index (χ2n) is 5.67. The molecule has 0 spiro atoms. The Morgan fingerprint density at radius 1 is 1.24 bits per heavy atom. The predicted molar refractivity (Wildman–Crippen MR) is 76.1 cm³/mol. The van der Waals surface area contributed by atoms with Crippen LogP contribution in [0, 0.1) is 0 Å². The van der Waals surface area contributed by atoms with Crippen LogP contribution < -0.4 is 0 Å². The van der Waals surface area contributed by atoms with Crippen LogP contribution in [0.3, 0.4) is 0 Å². The zero-order valence-electron chi connectivity index (χ0n) is 12.5. The van der Waals surface area contributed by atoms with Gasteiger partial charge in [0, 0.05) is 13.2 Å². The van der Waals surface area contributed by atoms with E-state index in [1.165, 1.54) is 6.42 Å². The molecule has 2 unspecified atom stereocenters. The van der Waals surface area contributed by atoms with Crippen LogP contribution in [0.15, 0.2) is 24.3 Å². The summed E-state index contributed by atoms with van der Waals surface area (Å²) in [5.41, 5.74) is 0.285. The Hall–Kier alpha value is -1.07. The summed E-state index contributed by atoms with van der Waals surface area (Å²) in [5.74, 6) is 0. The number of likely N-dealkylation sites (tertiary alicyclic amines) is 1. The van der Waals surface area contributed by atoms with Crippen molar-refractivity contribution in [2.45, 2.75) is 44.4 Å². The summed E-state index contributed by atoms with van der Waals surface area (Å²) in [6.45, 7) is 3.64. The molecule has 1 aliphatic rings. The number of hydrogen-bond acceptors (Lipinski definition) is 2. The molecule has 0 N–H and O–H groups in total. The maximum Gasteiger partial charge on any atom is 0.416 e. The average molecular weight is 301 g/mol. The van der Waals surface area contributed by atoms with Crippen LogP contribution in [0.25, 0.3) is 0 Å². The number of methoxy groups -OCH3 is 1. The van der Waals surface area contributed by atoms with Crippen LogP contribution in [-0.4, -0.2) is 31.2 Å². The fraction of sp³-hybridized carbons (Fsp3) is 0.625. The van der Waals surface area contributed by atoms with Crippen LogP contribution in [0.1, 0.15) is 43.4 Å². The van der Waals surface area contributed by atoms with E-state index in [-0.39, 0.29) is 6.04 Å². The van der Waals surface area contributed by atoms with Crippen molar-refractivity contribution in [3.63, 3.8) is 0 Å². The van der Waals surface area contributed by atoms with Crippen LogP contribution in [0.4, 0.5) is 13.2 Å². The number of ether oxygens (including phenoxy) is 1. The van der Waals surface area contributed by atoms with Gasteiger partial charge in [0.05, 0.1) is 18.2 Å². The Labute approximate surface area is 123 Å². The van der Waals surface area contributed by atoms with E-state index in [9.17, 15) is 13.2 Å². The van der Waals surface area contributed by atoms with Crippen molar-refractivity contribution >= 4 is 0 Å². The number of hydrogen-bond donors (Lipinski definition) is 0. The molecule has 2 nitrogen and oxygen atoms in total. The molecule has 0 aliphatic carbocycles. The first-order valence-electron chi connectivity index (χ1n) is 7.35. The fourth-order valence-electron chi connectivity index (χ4n) is 3.02. The molecule has 1 aliphatic heterocycles. The zero-order chi connectivity index (χ0) is 15.5. The van der Waals surface area contributed by atoms with Crippen molar-refractivity contribution in [2.75, 3.05) is 20.3 Å². The molecule has 0 radical (unpaired) electrons. The standard InChI is InChI=1S/C16H22F3NO/c1-12-5-3-4-10-20(12)15(11-21-2)13-6-8-14(9-7-13)16(17,18)19/h6-9,12,15H,3-5,10-11H2,1-2H3. The second-order valence-corrected chi connectivity index (χ2v) is 5.67. The SMILES string of the molecule is COCC(c1ccc(C(F)(F)F)cc1)N1CCCCC1C. The van der Waals surface area contributed by atoms with Gasteiger partial charge in [0.25, 0.3) is 0 Å². The van der Waals surface area contributed by atoms with E-state index in [0.29, 0.717) is 12.6 Å². The highest BCUT2D eigenvalue weighted by Gasteiger charge is 2.31. The van der Waals surface area contributed by atoms with Crippen molar-refractivity contribution in [2.24, 2.45) is 0 Å². The predicted octanol–water partition coefficient (Wildman–Crippen LogP) is 4.27. The molecule has 0 bridgehead atoms. The lowest BCUT2D eigenvalue weighted by Crippen LogP contribution is -2.41. The van der Waals surface area contributed by atoms with E-state index < -0.39 is 11.7 Å². The van der Waals surface area contributed by atoms with Crippen LogP contribution >= 0.6 is 0 Å². The first-order valence-corrected chi connectivity index (χ1v) is 7.35. The van der Waals surface area contributed by atoms with Gasteiger partial charge in [-0.2, -0.15) is 13.2 Å². The van der Waals surface area contributed by atoms with Gasteiger partial charge in [-0.25, -0.2) is 0 Å². The van der Waals surface area contributed by atoms with Gasteiger partial charge in [0.2, 0.25) is 0 Å². The molecule has 1 heterocycles. The Morgan fingerprint density at radius 2 is 1.90 bits per heavy atom. The van der Waals surface area contributed by atoms with Gasteiger partial charge in [-0.3, -0.25) is 4.90 Å². The third kappa shape index (κ3) is 3.98. The highest BCUT2D eigenvalue weighted by atomic mass is 19.4. The third-order valence-corrected chi connectivity index (χ3v) is 4.20. The fourth-order valence-corrected chi connectivity index (χ4v) is 3.02. The Morgan fingerprint density at radius 3 is 2.43 bits per heavy atom. The van der Waals surface area contributed by atoms with Crippen molar-refractivity contribution in [3.05, 3.63) is 35.4 Å². The number of halogens is 3. The molecule has 118 valence electrons. The second kappa shape index (κ2) is 6.79. The van der Waals surface area contributed by atoms with E-state index in [2.05, 4.69) is 11.8 Å². The van der Waals surface area contributed by atoms with Crippen molar-refractivity contribution < 1.29 is 17.9 Å². The molecule has 1 aromatic carbocycles. The quantitative estimate of drug-likeness (QED) is 0.823. The van der Waals surface area contributed by atoms with E-state index in [4.69, 9.17) is 4.74 Å². The lowest BCUT2D eigenvalue weighted by atomic mass is 9.97. The van der Waals surface area contributed by atoms with Crippen LogP contribution in [0.2, 0.25) is 0 Å². The molecule has 1 fully saturated rings. The molecule has 5 heteroatoms. The number of benzene rings is 1. The number of alkyl halides is 3. The van der Waals surface area contributed by atoms with E-state index in [1.54, 1.807) is 19.2 Å². The highest BCUT2D eigenvalue weighted by molar-refractivity contribution is 5.27.